The Hall–Kier alpha value is -2.07. The SMILES string of the molecule is C[C@H](Cn1cnc2c(N)ncnc21)OC[P@](=O)(O)N[C@H](C)C(=O)O. The average Bonchev–Trinajstić information content (AvgIpc) is 2.89. The van der Waals surface area contributed by atoms with E-state index in [9.17, 15) is 14.3 Å². The van der Waals surface area contributed by atoms with Crippen molar-refractivity contribution in [2.24, 2.45) is 0 Å². The second-order valence-electron chi connectivity index (χ2n) is 5.33. The van der Waals surface area contributed by atoms with Crippen molar-refractivity contribution >= 4 is 30.5 Å². The molecule has 2 aromatic heterocycles. The first-order valence-electron chi connectivity index (χ1n) is 7.05. The highest BCUT2D eigenvalue weighted by atomic mass is 31.2. The van der Waals surface area contributed by atoms with Crippen LogP contribution in [-0.2, 0) is 20.6 Å². The van der Waals surface area contributed by atoms with Crippen LogP contribution in [0.5, 0.6) is 0 Å². The normalized spacial score (nSPS) is 16.6. The first-order chi connectivity index (χ1) is 11.2. The summed E-state index contributed by atoms with van der Waals surface area (Å²) in [6.45, 7) is 3.30. The van der Waals surface area contributed by atoms with Gasteiger partial charge in [-0.1, -0.05) is 0 Å². The minimum atomic E-state index is -3.93. The average molecular weight is 358 g/mol. The monoisotopic (exact) mass is 358 g/mol. The zero-order valence-corrected chi connectivity index (χ0v) is 14.1. The predicted molar refractivity (Wildman–Crippen MR) is 85.2 cm³/mol. The van der Waals surface area contributed by atoms with Crippen molar-refractivity contribution in [3.05, 3.63) is 12.7 Å². The lowest BCUT2D eigenvalue weighted by molar-refractivity contribution is -0.138. The van der Waals surface area contributed by atoms with Crippen LogP contribution >= 0.6 is 7.52 Å². The van der Waals surface area contributed by atoms with Crippen LogP contribution < -0.4 is 10.8 Å². The molecule has 12 heteroatoms. The van der Waals surface area contributed by atoms with E-state index >= 15 is 0 Å². The minimum absolute atomic E-state index is 0.263. The molecule has 5 N–H and O–H groups in total. The van der Waals surface area contributed by atoms with Crippen molar-refractivity contribution in [1.29, 1.82) is 0 Å². The summed E-state index contributed by atoms with van der Waals surface area (Å²) in [6, 6.07) is -1.16. The summed E-state index contributed by atoms with van der Waals surface area (Å²) in [6.07, 6.45) is 1.88. The van der Waals surface area contributed by atoms with Crippen molar-refractivity contribution in [3.8, 4) is 0 Å². The second-order valence-corrected chi connectivity index (χ2v) is 7.24. The summed E-state index contributed by atoms with van der Waals surface area (Å²) in [4.78, 5) is 32.5. The maximum atomic E-state index is 11.9. The van der Waals surface area contributed by atoms with Crippen LogP contribution in [0.4, 0.5) is 5.82 Å². The van der Waals surface area contributed by atoms with Crippen molar-refractivity contribution in [1.82, 2.24) is 24.6 Å². The number of ether oxygens (including phenoxy) is 1. The maximum Gasteiger partial charge on any atom is 0.320 e. The van der Waals surface area contributed by atoms with Gasteiger partial charge < -0.3 is 25.0 Å². The van der Waals surface area contributed by atoms with Gasteiger partial charge >= 0.3 is 5.97 Å². The number of rotatable bonds is 8. The Morgan fingerprint density at radius 3 is 2.83 bits per heavy atom. The number of carboxylic acids is 1. The van der Waals surface area contributed by atoms with Crippen molar-refractivity contribution in [2.75, 3.05) is 12.1 Å². The summed E-state index contributed by atoms with van der Waals surface area (Å²) >= 11 is 0. The highest BCUT2D eigenvalue weighted by Crippen LogP contribution is 2.36. The lowest BCUT2D eigenvalue weighted by atomic mass is 10.4. The fourth-order valence-corrected chi connectivity index (χ4v) is 3.23. The third kappa shape index (κ3) is 4.48. The second kappa shape index (κ2) is 7.22. The van der Waals surface area contributed by atoms with Gasteiger partial charge in [0, 0.05) is 0 Å². The Labute approximate surface area is 137 Å². The van der Waals surface area contributed by atoms with Gasteiger partial charge in [-0.25, -0.2) is 20.0 Å². The van der Waals surface area contributed by atoms with E-state index in [4.69, 9.17) is 15.6 Å². The Morgan fingerprint density at radius 1 is 1.46 bits per heavy atom. The number of nitrogens with one attached hydrogen (secondary N) is 1. The Morgan fingerprint density at radius 2 is 2.17 bits per heavy atom. The van der Waals surface area contributed by atoms with Gasteiger partial charge in [-0.05, 0) is 13.8 Å². The summed E-state index contributed by atoms with van der Waals surface area (Å²) in [5, 5.41) is 10.9. The molecule has 2 rings (SSSR count). The molecule has 2 heterocycles. The standard InChI is InChI=1S/C12H19N6O5P/c1-7(23-6-24(21,22)17-8(2)12(19)20)3-18-5-16-9-10(13)14-4-15-11(9)18/h4-5,7-8H,3,6H2,1-2H3,(H,19,20)(H2,13,14,15)(H2,17,21,22)/t7-,8-/m1/s1. The smallest absolute Gasteiger partial charge is 0.320 e. The summed E-state index contributed by atoms with van der Waals surface area (Å²) < 4.78 is 18.9. The Bertz CT molecular complexity index is 780. The molecular formula is C12H19N6O5P. The fourth-order valence-electron chi connectivity index (χ4n) is 1.99. The van der Waals surface area contributed by atoms with Crippen molar-refractivity contribution in [2.45, 2.75) is 32.5 Å². The van der Waals surface area contributed by atoms with E-state index in [1.807, 2.05) is 0 Å². The summed E-state index contributed by atoms with van der Waals surface area (Å²) in [5.41, 5.74) is 6.70. The molecule has 132 valence electrons. The van der Waals surface area contributed by atoms with E-state index in [0.29, 0.717) is 17.7 Å². The molecule has 0 spiro atoms. The Balaban J connectivity index is 1.95. The van der Waals surface area contributed by atoms with Gasteiger partial charge in [0.05, 0.1) is 19.0 Å². The molecule has 0 aliphatic carbocycles. The lowest BCUT2D eigenvalue weighted by Gasteiger charge is -2.19. The van der Waals surface area contributed by atoms with Crippen LogP contribution in [0.15, 0.2) is 12.7 Å². The number of aromatic nitrogens is 4. The molecule has 0 aliphatic rings. The number of hydrogen-bond donors (Lipinski definition) is 4. The molecular weight excluding hydrogens is 339 g/mol. The molecule has 0 amide bonds. The number of nitrogens with zero attached hydrogens (tertiary/aromatic N) is 4. The fraction of sp³-hybridized carbons (Fsp3) is 0.500. The van der Waals surface area contributed by atoms with Gasteiger partial charge in [-0.15, -0.1) is 0 Å². The molecule has 0 aromatic carbocycles. The molecule has 0 unspecified atom stereocenters. The minimum Gasteiger partial charge on any atom is -0.480 e. The highest BCUT2D eigenvalue weighted by Gasteiger charge is 2.25. The van der Waals surface area contributed by atoms with Gasteiger partial charge in [-0.2, -0.15) is 0 Å². The zero-order valence-electron chi connectivity index (χ0n) is 13.2. The van der Waals surface area contributed by atoms with Crippen molar-refractivity contribution < 1.29 is 24.1 Å². The predicted octanol–water partition coefficient (Wildman–Crippen LogP) is 0.0192. The van der Waals surface area contributed by atoms with E-state index in [0.717, 1.165) is 0 Å². The molecule has 24 heavy (non-hydrogen) atoms. The van der Waals surface area contributed by atoms with E-state index in [2.05, 4.69) is 20.0 Å². The number of carbonyl (C=O) groups is 1. The highest BCUT2D eigenvalue weighted by molar-refractivity contribution is 7.55. The molecule has 0 aliphatic heterocycles. The van der Waals surface area contributed by atoms with E-state index in [-0.39, 0.29) is 5.82 Å². The van der Waals surface area contributed by atoms with Gasteiger partial charge in [0.1, 0.15) is 24.2 Å². The molecule has 0 saturated carbocycles. The van der Waals surface area contributed by atoms with Crippen LogP contribution in [-0.4, -0.2) is 54.0 Å². The van der Waals surface area contributed by atoms with Gasteiger partial charge in [0.2, 0.25) is 0 Å². The van der Waals surface area contributed by atoms with Crippen LogP contribution in [0.3, 0.4) is 0 Å². The number of anilines is 1. The molecule has 2 aromatic rings. The zero-order chi connectivity index (χ0) is 17.9. The molecule has 0 saturated heterocycles. The first-order valence-corrected chi connectivity index (χ1v) is 8.89. The van der Waals surface area contributed by atoms with Gasteiger partial charge in [0.25, 0.3) is 7.52 Å². The Kier molecular flexibility index (Phi) is 5.50. The number of carboxylic acid groups (broad SMARTS) is 1. The summed E-state index contributed by atoms with van der Waals surface area (Å²) in [5.74, 6) is -0.960. The molecule has 3 atom stereocenters. The van der Waals surface area contributed by atoms with Gasteiger partial charge in [-0.3, -0.25) is 9.36 Å². The van der Waals surface area contributed by atoms with Crippen LogP contribution in [0, 0.1) is 0 Å². The van der Waals surface area contributed by atoms with E-state index < -0.39 is 32.0 Å². The first kappa shape index (κ1) is 18.3. The van der Waals surface area contributed by atoms with Crippen molar-refractivity contribution in [3.63, 3.8) is 0 Å². The molecule has 0 bridgehead atoms. The van der Waals surface area contributed by atoms with Crippen LogP contribution in [0.1, 0.15) is 13.8 Å². The quantitative estimate of drug-likeness (QED) is 0.472. The molecule has 11 nitrogen and oxygen atoms in total. The third-order valence-corrected chi connectivity index (χ3v) is 4.47. The third-order valence-electron chi connectivity index (χ3n) is 3.18. The van der Waals surface area contributed by atoms with Crippen LogP contribution in [0.25, 0.3) is 11.2 Å². The number of aliphatic carboxylic acids is 1. The van der Waals surface area contributed by atoms with E-state index in [1.165, 1.54) is 19.6 Å². The number of imidazole rings is 1. The topological polar surface area (TPSA) is 165 Å². The number of hydrogen-bond acceptors (Lipinski definition) is 7. The largest absolute Gasteiger partial charge is 0.480 e. The summed E-state index contributed by atoms with van der Waals surface area (Å²) in [7, 11) is -3.93. The van der Waals surface area contributed by atoms with Gasteiger partial charge in [0.15, 0.2) is 11.5 Å². The number of fused-ring (bicyclic) bond motifs is 1. The molecule has 0 fully saturated rings. The number of nitrogens with two attached hydrogens (primary N) is 1. The molecule has 0 radical (unpaired) electrons. The van der Waals surface area contributed by atoms with Crippen LogP contribution in [0.2, 0.25) is 0 Å². The lowest BCUT2D eigenvalue weighted by Crippen LogP contribution is -2.32. The number of nitrogen functional groups attached to an aromatic ring is 1. The van der Waals surface area contributed by atoms with E-state index in [1.54, 1.807) is 11.5 Å². The maximum absolute atomic E-state index is 11.9.